The standard InChI is InChI=1S/C15H24N4OS/c16-12-3-1-2-11(8-12)14(20)19-15-18-9-13(21-15)10-4-6-17-7-5-10/h9-12,17H,1-8,16H2,(H,18,19,20). The number of anilines is 1. The molecule has 3 rings (SSSR count). The predicted molar refractivity (Wildman–Crippen MR) is 85.5 cm³/mol. The van der Waals surface area contributed by atoms with Crippen LogP contribution in [0.5, 0.6) is 0 Å². The van der Waals surface area contributed by atoms with Crippen LogP contribution in [-0.2, 0) is 4.79 Å². The second-order valence-corrected chi connectivity index (χ2v) is 7.27. The molecule has 2 fully saturated rings. The van der Waals surface area contributed by atoms with Crippen molar-refractivity contribution in [2.24, 2.45) is 11.7 Å². The van der Waals surface area contributed by atoms with E-state index < -0.39 is 0 Å². The van der Waals surface area contributed by atoms with Gasteiger partial charge in [-0.15, -0.1) is 11.3 Å². The molecule has 2 atom stereocenters. The van der Waals surface area contributed by atoms with Gasteiger partial charge in [0.2, 0.25) is 5.91 Å². The molecule has 0 spiro atoms. The van der Waals surface area contributed by atoms with E-state index in [0.29, 0.717) is 5.92 Å². The summed E-state index contributed by atoms with van der Waals surface area (Å²) in [6.45, 7) is 2.15. The fraction of sp³-hybridized carbons (Fsp3) is 0.733. The predicted octanol–water partition coefficient (Wildman–Crippen LogP) is 2.07. The lowest BCUT2D eigenvalue weighted by Gasteiger charge is -2.25. The van der Waals surface area contributed by atoms with E-state index in [1.54, 1.807) is 11.3 Å². The zero-order valence-corrected chi connectivity index (χ0v) is 13.1. The van der Waals surface area contributed by atoms with Crippen LogP contribution in [0.1, 0.15) is 49.3 Å². The number of nitrogens with zero attached hydrogens (tertiary/aromatic N) is 1. The van der Waals surface area contributed by atoms with Crippen LogP contribution in [0.4, 0.5) is 5.13 Å². The van der Waals surface area contributed by atoms with E-state index in [2.05, 4.69) is 15.6 Å². The highest BCUT2D eigenvalue weighted by molar-refractivity contribution is 7.15. The van der Waals surface area contributed by atoms with Crippen LogP contribution in [0, 0.1) is 5.92 Å². The molecule has 1 saturated heterocycles. The average Bonchev–Trinajstić information content (AvgIpc) is 2.97. The average molecular weight is 308 g/mol. The van der Waals surface area contributed by atoms with Crippen molar-refractivity contribution in [3.05, 3.63) is 11.1 Å². The van der Waals surface area contributed by atoms with Crippen molar-refractivity contribution in [1.82, 2.24) is 10.3 Å². The van der Waals surface area contributed by atoms with Gasteiger partial charge in [0.25, 0.3) is 0 Å². The van der Waals surface area contributed by atoms with E-state index >= 15 is 0 Å². The third-order valence-corrected chi connectivity index (χ3v) is 5.66. The second-order valence-electron chi connectivity index (χ2n) is 6.20. The van der Waals surface area contributed by atoms with Crippen LogP contribution in [0.3, 0.4) is 0 Å². The molecule has 1 aliphatic heterocycles. The van der Waals surface area contributed by atoms with Crippen LogP contribution in [-0.4, -0.2) is 30.0 Å². The fourth-order valence-electron chi connectivity index (χ4n) is 3.31. The molecule has 4 N–H and O–H groups in total. The first kappa shape index (κ1) is 14.9. The lowest BCUT2D eigenvalue weighted by atomic mass is 9.86. The molecule has 0 bridgehead atoms. The number of amides is 1. The maximum atomic E-state index is 12.3. The molecule has 1 aromatic heterocycles. The summed E-state index contributed by atoms with van der Waals surface area (Å²) >= 11 is 1.63. The van der Waals surface area contributed by atoms with E-state index in [1.807, 2.05) is 6.20 Å². The number of carbonyl (C=O) groups excluding carboxylic acids is 1. The van der Waals surface area contributed by atoms with Crippen LogP contribution >= 0.6 is 11.3 Å². The minimum Gasteiger partial charge on any atom is -0.328 e. The Morgan fingerprint density at radius 2 is 2.14 bits per heavy atom. The molecule has 1 amide bonds. The Labute approximate surface area is 129 Å². The molecule has 2 unspecified atom stereocenters. The third-order valence-electron chi connectivity index (χ3n) is 4.58. The van der Waals surface area contributed by atoms with Crippen molar-refractivity contribution in [2.75, 3.05) is 18.4 Å². The van der Waals surface area contributed by atoms with Crippen molar-refractivity contribution < 1.29 is 4.79 Å². The highest BCUT2D eigenvalue weighted by Gasteiger charge is 2.26. The quantitative estimate of drug-likeness (QED) is 0.798. The van der Waals surface area contributed by atoms with Crippen molar-refractivity contribution in [3.63, 3.8) is 0 Å². The van der Waals surface area contributed by atoms with Gasteiger partial charge in [0.05, 0.1) is 0 Å². The Morgan fingerprint density at radius 1 is 1.33 bits per heavy atom. The van der Waals surface area contributed by atoms with E-state index in [1.165, 1.54) is 4.88 Å². The molecule has 1 saturated carbocycles. The largest absolute Gasteiger partial charge is 0.328 e. The molecule has 0 aromatic carbocycles. The summed E-state index contributed by atoms with van der Waals surface area (Å²) in [6, 6.07) is 0.177. The van der Waals surface area contributed by atoms with Crippen LogP contribution in [0.15, 0.2) is 6.20 Å². The number of carbonyl (C=O) groups is 1. The molecule has 1 aliphatic carbocycles. The van der Waals surface area contributed by atoms with Gasteiger partial charge in [-0.2, -0.15) is 0 Å². The van der Waals surface area contributed by atoms with Gasteiger partial charge < -0.3 is 16.4 Å². The number of nitrogens with one attached hydrogen (secondary N) is 2. The molecule has 2 heterocycles. The highest BCUT2D eigenvalue weighted by atomic mass is 32.1. The Balaban J connectivity index is 1.57. The van der Waals surface area contributed by atoms with Gasteiger partial charge in [0, 0.05) is 23.0 Å². The highest BCUT2D eigenvalue weighted by Crippen LogP contribution is 2.32. The Hall–Kier alpha value is -0.980. The lowest BCUT2D eigenvalue weighted by Crippen LogP contribution is -2.34. The maximum Gasteiger partial charge on any atom is 0.229 e. The number of hydrogen-bond acceptors (Lipinski definition) is 5. The summed E-state index contributed by atoms with van der Waals surface area (Å²) in [4.78, 5) is 18.0. The lowest BCUT2D eigenvalue weighted by molar-refractivity contribution is -0.120. The SMILES string of the molecule is NC1CCCC(C(=O)Nc2ncc(C3CCNCC3)s2)C1. The topological polar surface area (TPSA) is 80.0 Å². The summed E-state index contributed by atoms with van der Waals surface area (Å²) in [5, 5.41) is 7.11. The van der Waals surface area contributed by atoms with E-state index in [4.69, 9.17) is 5.73 Å². The Bertz CT molecular complexity index is 484. The van der Waals surface area contributed by atoms with Gasteiger partial charge in [-0.3, -0.25) is 4.79 Å². The third kappa shape index (κ3) is 3.81. The molecular formula is C15H24N4OS. The zero-order chi connectivity index (χ0) is 14.7. The van der Waals surface area contributed by atoms with E-state index in [-0.39, 0.29) is 17.9 Å². The molecule has 21 heavy (non-hydrogen) atoms. The fourth-order valence-corrected chi connectivity index (χ4v) is 4.30. The molecule has 1 aromatic rings. The normalized spacial score (nSPS) is 27.5. The number of aromatic nitrogens is 1. The molecule has 6 heteroatoms. The van der Waals surface area contributed by atoms with Gasteiger partial charge in [0.1, 0.15) is 0 Å². The number of rotatable bonds is 3. The molecule has 0 radical (unpaired) electrons. The first-order valence-electron chi connectivity index (χ1n) is 7.95. The van der Waals surface area contributed by atoms with Crippen molar-refractivity contribution in [3.8, 4) is 0 Å². The zero-order valence-electron chi connectivity index (χ0n) is 12.3. The van der Waals surface area contributed by atoms with Gasteiger partial charge in [-0.05, 0) is 51.1 Å². The number of hydrogen-bond donors (Lipinski definition) is 3. The summed E-state index contributed by atoms with van der Waals surface area (Å²) in [5.41, 5.74) is 5.96. The van der Waals surface area contributed by atoms with Gasteiger partial charge in [-0.25, -0.2) is 4.98 Å². The summed E-state index contributed by atoms with van der Waals surface area (Å²) in [5.74, 6) is 0.744. The summed E-state index contributed by atoms with van der Waals surface area (Å²) in [7, 11) is 0. The van der Waals surface area contributed by atoms with Crippen molar-refractivity contribution in [1.29, 1.82) is 0 Å². The molecule has 2 aliphatic rings. The van der Waals surface area contributed by atoms with Gasteiger partial charge >= 0.3 is 0 Å². The van der Waals surface area contributed by atoms with Crippen molar-refractivity contribution in [2.45, 2.75) is 50.5 Å². The van der Waals surface area contributed by atoms with E-state index in [0.717, 1.165) is 56.7 Å². The van der Waals surface area contributed by atoms with E-state index in [9.17, 15) is 4.79 Å². The van der Waals surface area contributed by atoms with Crippen LogP contribution in [0.2, 0.25) is 0 Å². The molecular weight excluding hydrogens is 284 g/mol. The Kier molecular flexibility index (Phi) is 4.87. The first-order chi connectivity index (χ1) is 10.2. The van der Waals surface area contributed by atoms with Crippen LogP contribution in [0.25, 0.3) is 0 Å². The summed E-state index contributed by atoms with van der Waals surface area (Å²) in [6.07, 6.45) is 8.10. The molecule has 5 nitrogen and oxygen atoms in total. The number of piperidine rings is 1. The second kappa shape index (κ2) is 6.85. The number of thiazole rings is 1. The maximum absolute atomic E-state index is 12.3. The molecule has 116 valence electrons. The monoisotopic (exact) mass is 308 g/mol. The smallest absolute Gasteiger partial charge is 0.229 e. The van der Waals surface area contributed by atoms with Gasteiger partial charge in [-0.1, -0.05) is 6.42 Å². The Morgan fingerprint density at radius 3 is 2.90 bits per heavy atom. The minimum atomic E-state index is 0.0555. The van der Waals surface area contributed by atoms with Crippen molar-refractivity contribution >= 4 is 22.4 Å². The first-order valence-corrected chi connectivity index (χ1v) is 8.77. The van der Waals surface area contributed by atoms with Gasteiger partial charge in [0.15, 0.2) is 5.13 Å². The van der Waals surface area contributed by atoms with Crippen LogP contribution < -0.4 is 16.4 Å². The summed E-state index contributed by atoms with van der Waals surface area (Å²) < 4.78 is 0. The number of nitrogens with two attached hydrogens (primary N) is 1. The minimum absolute atomic E-state index is 0.0555.